The zero-order valence-electron chi connectivity index (χ0n) is 14.8. The number of hydrogen-bond acceptors (Lipinski definition) is 6. The van der Waals surface area contributed by atoms with Gasteiger partial charge in [-0.25, -0.2) is 18.0 Å². The molecule has 2 aromatic rings. The summed E-state index contributed by atoms with van der Waals surface area (Å²) in [5.41, 5.74) is -0.427. The standard InChI is InChI=1S/C18H17NO8S/c1-10-3-4-11(17(20)21)7-16(10)28(24,25)19-13-9-15-14(8-12(13)18(22)23)26-5-2-6-27-15/h3-4,7-9,19H,2,5-6H2,1H3,(H,20,21)(H,22,23). The Morgan fingerprint density at radius 1 is 1.00 bits per heavy atom. The highest BCUT2D eigenvalue weighted by Gasteiger charge is 2.24. The van der Waals surface area contributed by atoms with Gasteiger partial charge in [0.15, 0.2) is 11.5 Å². The van der Waals surface area contributed by atoms with Crippen LogP contribution in [0.4, 0.5) is 5.69 Å². The van der Waals surface area contributed by atoms with Crippen LogP contribution in [0.5, 0.6) is 11.5 Å². The number of carboxylic acid groups (broad SMARTS) is 2. The van der Waals surface area contributed by atoms with Gasteiger partial charge < -0.3 is 19.7 Å². The van der Waals surface area contributed by atoms with Crippen LogP contribution in [0.2, 0.25) is 0 Å². The van der Waals surface area contributed by atoms with E-state index in [-0.39, 0.29) is 33.2 Å². The molecule has 9 nitrogen and oxygen atoms in total. The Kier molecular flexibility index (Phi) is 5.14. The van der Waals surface area contributed by atoms with E-state index in [4.69, 9.17) is 14.6 Å². The second kappa shape index (κ2) is 7.39. The van der Waals surface area contributed by atoms with Gasteiger partial charge in [0.2, 0.25) is 0 Å². The minimum Gasteiger partial charge on any atom is -0.490 e. The summed E-state index contributed by atoms with van der Waals surface area (Å²) in [5.74, 6) is -2.21. The molecular weight excluding hydrogens is 390 g/mol. The van der Waals surface area contributed by atoms with E-state index < -0.39 is 22.0 Å². The zero-order valence-corrected chi connectivity index (χ0v) is 15.6. The van der Waals surface area contributed by atoms with Crippen molar-refractivity contribution in [1.82, 2.24) is 0 Å². The lowest BCUT2D eigenvalue weighted by Crippen LogP contribution is -2.17. The predicted molar refractivity (Wildman–Crippen MR) is 98.0 cm³/mol. The highest BCUT2D eigenvalue weighted by molar-refractivity contribution is 7.92. The molecule has 0 unspecified atom stereocenters. The summed E-state index contributed by atoms with van der Waals surface area (Å²) in [6, 6.07) is 6.11. The molecule has 0 aliphatic carbocycles. The molecule has 0 atom stereocenters. The second-order valence-corrected chi connectivity index (χ2v) is 7.74. The minimum atomic E-state index is -4.26. The number of carboxylic acids is 2. The number of hydrogen-bond donors (Lipinski definition) is 3. The summed E-state index contributed by atoms with van der Waals surface area (Å²) in [7, 11) is -4.26. The Morgan fingerprint density at radius 3 is 2.25 bits per heavy atom. The van der Waals surface area contributed by atoms with E-state index in [1.807, 2.05) is 0 Å². The minimum absolute atomic E-state index is 0.205. The number of fused-ring (bicyclic) bond motifs is 1. The molecule has 0 aromatic heterocycles. The van der Waals surface area contributed by atoms with E-state index >= 15 is 0 Å². The summed E-state index contributed by atoms with van der Waals surface area (Å²) in [6.07, 6.45) is 0.597. The van der Waals surface area contributed by atoms with Gasteiger partial charge in [0, 0.05) is 18.6 Å². The Balaban J connectivity index is 2.07. The number of aromatic carboxylic acids is 2. The quantitative estimate of drug-likeness (QED) is 0.686. The van der Waals surface area contributed by atoms with Crippen molar-refractivity contribution < 1.29 is 37.7 Å². The number of nitrogens with one attached hydrogen (secondary N) is 1. The second-order valence-electron chi connectivity index (χ2n) is 6.09. The van der Waals surface area contributed by atoms with E-state index in [1.54, 1.807) is 0 Å². The maximum absolute atomic E-state index is 12.8. The van der Waals surface area contributed by atoms with Crippen LogP contribution in [-0.2, 0) is 10.0 Å². The molecule has 3 rings (SSSR count). The summed E-state index contributed by atoms with van der Waals surface area (Å²) < 4.78 is 38.8. The zero-order chi connectivity index (χ0) is 20.5. The van der Waals surface area contributed by atoms with Crippen molar-refractivity contribution in [2.24, 2.45) is 0 Å². The highest BCUT2D eigenvalue weighted by Crippen LogP contribution is 2.36. The average molecular weight is 407 g/mol. The Bertz CT molecular complexity index is 1060. The first-order chi connectivity index (χ1) is 13.2. The van der Waals surface area contributed by atoms with Crippen LogP contribution in [0.1, 0.15) is 32.7 Å². The number of ether oxygens (including phenoxy) is 2. The molecule has 0 spiro atoms. The summed E-state index contributed by atoms with van der Waals surface area (Å²) in [5, 5.41) is 18.6. The lowest BCUT2D eigenvalue weighted by atomic mass is 10.1. The highest BCUT2D eigenvalue weighted by atomic mass is 32.2. The summed E-state index contributed by atoms with van der Waals surface area (Å²) in [6.45, 7) is 2.19. The van der Waals surface area contributed by atoms with E-state index in [2.05, 4.69) is 4.72 Å². The van der Waals surface area contributed by atoms with Crippen molar-refractivity contribution in [2.75, 3.05) is 17.9 Å². The molecule has 28 heavy (non-hydrogen) atoms. The Labute approximate surface area is 160 Å². The fourth-order valence-corrected chi connectivity index (χ4v) is 4.03. The molecule has 3 N–H and O–H groups in total. The average Bonchev–Trinajstić information content (AvgIpc) is 2.85. The Hall–Kier alpha value is -3.27. The van der Waals surface area contributed by atoms with E-state index in [1.165, 1.54) is 31.2 Å². The summed E-state index contributed by atoms with van der Waals surface area (Å²) >= 11 is 0. The third kappa shape index (κ3) is 3.86. The van der Waals surface area contributed by atoms with Crippen LogP contribution in [0.25, 0.3) is 0 Å². The fourth-order valence-electron chi connectivity index (χ4n) is 2.69. The normalized spacial score (nSPS) is 13.5. The number of aryl methyl sites for hydroxylation is 1. The van der Waals surface area contributed by atoms with E-state index in [0.717, 1.165) is 6.07 Å². The van der Waals surface area contributed by atoms with Crippen LogP contribution in [0, 0.1) is 6.92 Å². The van der Waals surface area contributed by atoms with E-state index in [9.17, 15) is 23.1 Å². The van der Waals surface area contributed by atoms with Crippen LogP contribution in [0.3, 0.4) is 0 Å². The molecule has 1 heterocycles. The smallest absolute Gasteiger partial charge is 0.337 e. The summed E-state index contributed by atoms with van der Waals surface area (Å²) in [4.78, 5) is 22.5. The van der Waals surface area contributed by atoms with Crippen LogP contribution >= 0.6 is 0 Å². The number of carbonyl (C=O) groups is 2. The van der Waals surface area contributed by atoms with Crippen molar-refractivity contribution in [2.45, 2.75) is 18.2 Å². The Morgan fingerprint density at radius 2 is 1.64 bits per heavy atom. The van der Waals surface area contributed by atoms with Gasteiger partial charge in [-0.3, -0.25) is 4.72 Å². The maximum atomic E-state index is 12.8. The molecule has 0 saturated heterocycles. The monoisotopic (exact) mass is 407 g/mol. The largest absolute Gasteiger partial charge is 0.490 e. The molecule has 1 aliphatic rings. The molecule has 0 bridgehead atoms. The van der Waals surface area contributed by atoms with Gasteiger partial charge in [0.1, 0.15) is 0 Å². The van der Waals surface area contributed by atoms with Crippen molar-refractivity contribution in [3.63, 3.8) is 0 Å². The SMILES string of the molecule is Cc1ccc(C(=O)O)cc1S(=O)(=O)Nc1cc2c(cc1C(=O)O)OCCCO2. The van der Waals surface area contributed by atoms with Crippen molar-refractivity contribution in [1.29, 1.82) is 0 Å². The topological polar surface area (TPSA) is 139 Å². The molecule has 10 heteroatoms. The van der Waals surface area contributed by atoms with Gasteiger partial charge in [-0.1, -0.05) is 6.07 Å². The van der Waals surface area contributed by atoms with Crippen molar-refractivity contribution >= 4 is 27.6 Å². The lowest BCUT2D eigenvalue weighted by Gasteiger charge is -2.15. The van der Waals surface area contributed by atoms with Gasteiger partial charge in [0.05, 0.1) is 34.9 Å². The van der Waals surface area contributed by atoms with Gasteiger partial charge >= 0.3 is 11.9 Å². The third-order valence-corrected chi connectivity index (χ3v) is 5.59. The fraction of sp³-hybridized carbons (Fsp3) is 0.222. The molecule has 0 fully saturated rings. The maximum Gasteiger partial charge on any atom is 0.337 e. The molecule has 0 amide bonds. The van der Waals surface area contributed by atoms with Crippen LogP contribution < -0.4 is 14.2 Å². The number of sulfonamides is 1. The van der Waals surface area contributed by atoms with Gasteiger partial charge in [-0.05, 0) is 24.6 Å². The van der Waals surface area contributed by atoms with E-state index in [0.29, 0.717) is 25.2 Å². The van der Waals surface area contributed by atoms with Crippen LogP contribution in [0.15, 0.2) is 35.2 Å². The first kappa shape index (κ1) is 19.5. The number of rotatable bonds is 5. The molecule has 0 radical (unpaired) electrons. The molecule has 148 valence electrons. The first-order valence-electron chi connectivity index (χ1n) is 8.23. The number of benzene rings is 2. The molecular formula is C18H17NO8S. The van der Waals surface area contributed by atoms with Gasteiger partial charge in [-0.2, -0.15) is 0 Å². The van der Waals surface area contributed by atoms with Crippen LogP contribution in [-0.4, -0.2) is 43.8 Å². The van der Waals surface area contributed by atoms with Gasteiger partial charge in [-0.15, -0.1) is 0 Å². The van der Waals surface area contributed by atoms with Gasteiger partial charge in [0.25, 0.3) is 10.0 Å². The molecule has 2 aromatic carbocycles. The van der Waals surface area contributed by atoms with Crippen molar-refractivity contribution in [3.8, 4) is 11.5 Å². The predicted octanol–water partition coefficient (Wildman–Crippen LogP) is 2.35. The third-order valence-electron chi connectivity index (χ3n) is 4.09. The van der Waals surface area contributed by atoms with Crippen molar-refractivity contribution in [3.05, 3.63) is 47.0 Å². The first-order valence-corrected chi connectivity index (χ1v) is 9.71. The molecule has 1 aliphatic heterocycles. The number of anilines is 1. The molecule has 0 saturated carbocycles. The lowest BCUT2D eigenvalue weighted by molar-refractivity contribution is 0.0686.